The number of amides is 1. The molecule has 208 valence electrons. The molecule has 9 heteroatoms. The minimum absolute atomic E-state index is 0.142. The van der Waals surface area contributed by atoms with Crippen LogP contribution in [0.1, 0.15) is 43.0 Å². The Labute approximate surface area is 228 Å². The van der Waals surface area contributed by atoms with Crippen molar-refractivity contribution in [1.29, 1.82) is 0 Å². The topological polar surface area (TPSA) is 46.9 Å². The average molecular weight is 554 g/mol. The maximum absolute atomic E-state index is 14.3. The van der Waals surface area contributed by atoms with Crippen LogP contribution < -0.4 is 5.32 Å². The molecular formula is C31H28F5N3O. The largest absolute Gasteiger partial charge is 0.392 e. The number of alkyl halides is 3. The predicted molar refractivity (Wildman–Crippen MR) is 142 cm³/mol. The van der Waals surface area contributed by atoms with E-state index in [1.54, 1.807) is 36.0 Å². The number of nitrogens with zero attached hydrogens (tertiary/aromatic N) is 2. The van der Waals surface area contributed by atoms with Gasteiger partial charge in [0.15, 0.2) is 0 Å². The number of nitrogens with one attached hydrogen (secondary N) is 1. The second-order valence-electron chi connectivity index (χ2n) is 11.3. The van der Waals surface area contributed by atoms with Crippen molar-refractivity contribution in [2.45, 2.75) is 45.7 Å². The Balaban J connectivity index is 1.35. The molecule has 1 fully saturated rings. The van der Waals surface area contributed by atoms with E-state index in [1.165, 1.54) is 24.3 Å². The van der Waals surface area contributed by atoms with Gasteiger partial charge in [0.2, 0.25) is 5.91 Å². The van der Waals surface area contributed by atoms with Crippen LogP contribution in [0.4, 0.5) is 27.6 Å². The van der Waals surface area contributed by atoms with Gasteiger partial charge in [0.1, 0.15) is 11.6 Å². The Bertz CT molecular complexity index is 1550. The van der Waals surface area contributed by atoms with Gasteiger partial charge in [-0.3, -0.25) is 4.79 Å². The van der Waals surface area contributed by atoms with Crippen molar-refractivity contribution in [2.75, 3.05) is 5.32 Å². The third-order valence-corrected chi connectivity index (χ3v) is 8.90. The molecule has 1 saturated carbocycles. The molecule has 1 heterocycles. The molecule has 0 spiro atoms. The van der Waals surface area contributed by atoms with E-state index in [0.717, 1.165) is 28.5 Å². The second kappa shape index (κ2) is 9.42. The van der Waals surface area contributed by atoms with E-state index < -0.39 is 41.1 Å². The van der Waals surface area contributed by atoms with Gasteiger partial charge in [-0.1, -0.05) is 30.2 Å². The van der Waals surface area contributed by atoms with Gasteiger partial charge in [-0.25, -0.2) is 13.5 Å². The number of hydrogen-bond acceptors (Lipinski definition) is 2. The van der Waals surface area contributed by atoms with Crippen LogP contribution in [0, 0.1) is 41.7 Å². The highest BCUT2D eigenvalue weighted by Gasteiger charge is 2.56. The molecule has 3 aliphatic rings. The summed E-state index contributed by atoms with van der Waals surface area (Å²) in [6.45, 7) is 3.61. The van der Waals surface area contributed by atoms with Gasteiger partial charge >= 0.3 is 6.18 Å². The molecule has 1 N–H and O–H groups in total. The molecule has 2 aromatic carbocycles. The average Bonchev–Trinajstić information content (AvgIpc) is 3.30. The second-order valence-corrected chi connectivity index (χ2v) is 11.3. The Morgan fingerprint density at radius 1 is 1.12 bits per heavy atom. The van der Waals surface area contributed by atoms with Gasteiger partial charge in [0.25, 0.3) is 0 Å². The number of benzene rings is 2. The van der Waals surface area contributed by atoms with Gasteiger partial charge in [-0.15, -0.1) is 0 Å². The summed E-state index contributed by atoms with van der Waals surface area (Å²) in [5, 5.41) is 7.10. The highest BCUT2D eigenvalue weighted by atomic mass is 19.4. The van der Waals surface area contributed by atoms with Crippen LogP contribution in [0.15, 0.2) is 65.9 Å². The first kappa shape index (κ1) is 26.5. The zero-order valence-electron chi connectivity index (χ0n) is 22.0. The molecule has 3 aromatic rings. The molecule has 40 heavy (non-hydrogen) atoms. The van der Waals surface area contributed by atoms with Gasteiger partial charge in [-0.2, -0.15) is 18.3 Å². The summed E-state index contributed by atoms with van der Waals surface area (Å²) in [7, 11) is 0. The van der Waals surface area contributed by atoms with Gasteiger partial charge in [0, 0.05) is 11.1 Å². The monoisotopic (exact) mass is 553 g/mol. The summed E-state index contributed by atoms with van der Waals surface area (Å²) >= 11 is 0. The fourth-order valence-electron chi connectivity index (χ4n) is 6.83. The first-order valence-corrected chi connectivity index (χ1v) is 13.3. The number of hydrogen-bond donors (Lipinski definition) is 1. The van der Waals surface area contributed by atoms with Crippen LogP contribution in [0.2, 0.25) is 0 Å². The van der Waals surface area contributed by atoms with Crippen molar-refractivity contribution in [3.05, 3.63) is 94.3 Å². The van der Waals surface area contributed by atoms with Crippen LogP contribution >= 0.6 is 0 Å². The Kier molecular flexibility index (Phi) is 6.23. The third kappa shape index (κ3) is 4.35. The lowest BCUT2D eigenvalue weighted by Gasteiger charge is -2.50. The summed E-state index contributed by atoms with van der Waals surface area (Å²) in [5.74, 6) is -5.38. The zero-order chi connectivity index (χ0) is 28.4. The van der Waals surface area contributed by atoms with E-state index >= 15 is 0 Å². The SMILES string of the molecule is Cc1ccc(NC(=O)[C@H]2[C@H](C(F)(F)F)CC=C3[C@@H]2CCC2=Cc4c(cnn4-c4ccc(F)cc4)C[C@@]23C)cc1F. The summed E-state index contributed by atoms with van der Waals surface area (Å²) in [6.07, 6.45) is 2.09. The summed E-state index contributed by atoms with van der Waals surface area (Å²) in [6, 6.07) is 10.2. The van der Waals surface area contributed by atoms with Crippen molar-refractivity contribution in [2.24, 2.45) is 23.2 Å². The van der Waals surface area contributed by atoms with Crippen LogP contribution in [0.25, 0.3) is 11.8 Å². The number of allylic oxidation sites excluding steroid dienone is 3. The van der Waals surface area contributed by atoms with Crippen molar-refractivity contribution in [3.8, 4) is 5.69 Å². The molecule has 0 bridgehead atoms. The highest BCUT2D eigenvalue weighted by molar-refractivity contribution is 5.93. The van der Waals surface area contributed by atoms with E-state index in [1.807, 2.05) is 13.0 Å². The normalized spacial score (nSPS) is 25.7. The number of carbonyl (C=O) groups is 1. The van der Waals surface area contributed by atoms with E-state index in [-0.39, 0.29) is 17.9 Å². The minimum Gasteiger partial charge on any atom is -0.326 e. The molecule has 0 radical (unpaired) electrons. The zero-order valence-corrected chi connectivity index (χ0v) is 22.0. The smallest absolute Gasteiger partial charge is 0.326 e. The quantitative estimate of drug-likeness (QED) is 0.269. The third-order valence-electron chi connectivity index (χ3n) is 8.90. The van der Waals surface area contributed by atoms with Gasteiger partial charge in [0.05, 0.1) is 29.4 Å². The number of aryl methyl sites for hydroxylation is 1. The molecule has 0 aliphatic heterocycles. The van der Waals surface area contributed by atoms with Gasteiger partial charge < -0.3 is 5.32 Å². The Hall–Kier alpha value is -3.75. The maximum Gasteiger partial charge on any atom is 0.392 e. The number of rotatable bonds is 3. The lowest BCUT2D eigenvalue weighted by Crippen LogP contribution is -2.49. The van der Waals surface area contributed by atoms with Crippen molar-refractivity contribution >= 4 is 17.7 Å². The number of carbonyl (C=O) groups excluding carboxylic acids is 1. The summed E-state index contributed by atoms with van der Waals surface area (Å²) in [4.78, 5) is 13.5. The van der Waals surface area contributed by atoms with E-state index in [4.69, 9.17) is 0 Å². The van der Waals surface area contributed by atoms with Crippen LogP contribution in [0.3, 0.4) is 0 Å². The van der Waals surface area contributed by atoms with Gasteiger partial charge in [-0.05, 0) is 92.1 Å². The first-order valence-electron chi connectivity index (χ1n) is 13.3. The van der Waals surface area contributed by atoms with Crippen molar-refractivity contribution in [3.63, 3.8) is 0 Å². The molecule has 0 unspecified atom stereocenters. The molecule has 0 saturated heterocycles. The Morgan fingerprint density at radius 3 is 2.58 bits per heavy atom. The number of fused-ring (bicyclic) bond motifs is 4. The van der Waals surface area contributed by atoms with E-state index in [0.29, 0.717) is 30.5 Å². The standard InChI is InChI=1S/C31H28F5N3O/c1-17-3-7-21(14-26(17)33)38-29(40)28-23-10-4-19-13-27-18(16-37-39(27)22-8-5-20(32)6-9-22)15-30(19,2)24(23)11-12-25(28)31(34,35)36/h3,5-9,11,13-14,16,23,25,28H,4,10,12,15H2,1-2H3,(H,38,40)/t23-,25+,28+,30-/m0/s1. The van der Waals surface area contributed by atoms with Crippen LogP contribution in [-0.4, -0.2) is 21.9 Å². The molecule has 1 aromatic heterocycles. The van der Waals surface area contributed by atoms with Crippen LogP contribution in [-0.2, 0) is 11.2 Å². The van der Waals surface area contributed by atoms with Crippen LogP contribution in [0.5, 0.6) is 0 Å². The maximum atomic E-state index is 14.3. The molecular weight excluding hydrogens is 525 g/mol. The summed E-state index contributed by atoms with van der Waals surface area (Å²) < 4.78 is 72.1. The number of halogens is 5. The Morgan fingerprint density at radius 2 is 1.88 bits per heavy atom. The number of aromatic nitrogens is 2. The molecule has 6 rings (SSSR count). The molecule has 1 amide bonds. The fraction of sp³-hybridized carbons (Fsp3) is 0.355. The lowest BCUT2D eigenvalue weighted by molar-refractivity contribution is -0.196. The molecule has 3 aliphatic carbocycles. The fourth-order valence-corrected chi connectivity index (χ4v) is 6.83. The minimum atomic E-state index is -4.56. The highest BCUT2D eigenvalue weighted by Crippen LogP contribution is 2.59. The summed E-state index contributed by atoms with van der Waals surface area (Å²) in [5.41, 5.74) is 4.42. The lowest BCUT2D eigenvalue weighted by atomic mass is 9.54. The van der Waals surface area contributed by atoms with Crippen molar-refractivity contribution in [1.82, 2.24) is 9.78 Å². The number of anilines is 1. The predicted octanol–water partition coefficient (Wildman–Crippen LogP) is 7.58. The van der Waals surface area contributed by atoms with E-state index in [2.05, 4.69) is 10.4 Å². The molecule has 4 nitrogen and oxygen atoms in total. The van der Waals surface area contributed by atoms with Crippen molar-refractivity contribution < 1.29 is 26.7 Å². The first-order chi connectivity index (χ1) is 19.0. The van der Waals surface area contributed by atoms with E-state index in [9.17, 15) is 26.7 Å². The molecule has 4 atom stereocenters.